The van der Waals surface area contributed by atoms with Crippen LogP contribution in [0.2, 0.25) is 0 Å². The number of benzene rings is 2. The van der Waals surface area contributed by atoms with Crippen LogP contribution in [0.25, 0.3) is 10.2 Å². The van der Waals surface area contributed by atoms with Crippen molar-refractivity contribution in [2.45, 2.75) is 19.4 Å². The molecule has 6 nitrogen and oxygen atoms in total. The maximum atomic E-state index is 13.7. The van der Waals surface area contributed by atoms with Gasteiger partial charge in [0.15, 0.2) is 0 Å². The summed E-state index contributed by atoms with van der Waals surface area (Å²) in [5, 5.41) is 0.519. The largest absolute Gasteiger partial charge is 0.328 e. The molecule has 0 unspecified atom stereocenters. The quantitative estimate of drug-likeness (QED) is 0.502. The second-order valence-corrected chi connectivity index (χ2v) is 9.60. The van der Waals surface area contributed by atoms with Crippen molar-refractivity contribution in [1.82, 2.24) is 19.8 Å². The third-order valence-electron chi connectivity index (χ3n) is 6.29. The molecule has 168 valence electrons. The first-order chi connectivity index (χ1) is 16.0. The van der Waals surface area contributed by atoms with E-state index in [9.17, 15) is 9.59 Å². The lowest BCUT2D eigenvalue weighted by Crippen LogP contribution is -2.49. The van der Waals surface area contributed by atoms with Crippen LogP contribution in [-0.4, -0.2) is 52.4 Å². The highest BCUT2D eigenvalue weighted by molar-refractivity contribution is 7.20. The fourth-order valence-electron chi connectivity index (χ4n) is 4.52. The Bertz CT molecular complexity index is 1350. The lowest BCUT2D eigenvalue weighted by Gasteiger charge is -2.40. The molecule has 3 heterocycles. The van der Waals surface area contributed by atoms with Crippen molar-refractivity contribution in [2.75, 3.05) is 26.7 Å². The number of hydrogen-bond acceptors (Lipinski definition) is 5. The van der Waals surface area contributed by atoms with Crippen LogP contribution in [0.15, 0.2) is 65.5 Å². The topological polar surface area (TPSA) is 69.3 Å². The van der Waals surface area contributed by atoms with Gasteiger partial charge in [-0.25, -0.2) is 4.98 Å². The van der Waals surface area contributed by atoms with E-state index < -0.39 is 0 Å². The number of piperazine rings is 1. The van der Waals surface area contributed by atoms with Crippen LogP contribution in [0.3, 0.4) is 0 Å². The van der Waals surface area contributed by atoms with E-state index in [0.717, 1.165) is 24.2 Å². The number of H-pyrrole nitrogens is 1. The van der Waals surface area contributed by atoms with Crippen LogP contribution in [-0.2, 0) is 6.42 Å². The van der Waals surface area contributed by atoms with Gasteiger partial charge in [0.05, 0.1) is 16.3 Å². The molecule has 1 amide bonds. The molecule has 0 saturated carbocycles. The predicted molar refractivity (Wildman–Crippen MR) is 132 cm³/mol. The number of hydrogen-bond donors (Lipinski definition) is 1. The van der Waals surface area contributed by atoms with Crippen molar-refractivity contribution < 1.29 is 4.79 Å². The van der Waals surface area contributed by atoms with Gasteiger partial charge < -0.3 is 14.8 Å². The van der Waals surface area contributed by atoms with Crippen molar-refractivity contribution in [2.24, 2.45) is 0 Å². The molecule has 1 aliphatic heterocycles. The standard InChI is InChI=1S/C26H26N4O2S/c1-17-22-24(31)27-21(15-18-9-5-3-6-10-18)28-25(22)33-23(17)26(32)30-14-13-29(2)16-20(30)19-11-7-4-8-12-19/h3-12,20H,13-16H2,1-2H3,(H,27,28,31)/t20-/m1/s1. The smallest absolute Gasteiger partial charge is 0.264 e. The first kappa shape index (κ1) is 21.6. The highest BCUT2D eigenvalue weighted by Gasteiger charge is 2.33. The van der Waals surface area contributed by atoms with Gasteiger partial charge in [0.1, 0.15) is 10.7 Å². The van der Waals surface area contributed by atoms with E-state index in [1.54, 1.807) is 0 Å². The van der Waals surface area contributed by atoms with Crippen LogP contribution in [0.4, 0.5) is 0 Å². The van der Waals surface area contributed by atoms with Crippen molar-refractivity contribution in [3.63, 3.8) is 0 Å². The van der Waals surface area contributed by atoms with Gasteiger partial charge in [-0.3, -0.25) is 9.59 Å². The SMILES string of the molecule is Cc1c(C(=O)N2CCN(C)C[C@@H]2c2ccccc2)sc2nc(Cc3ccccc3)[nH]c(=O)c12. The fourth-order valence-corrected chi connectivity index (χ4v) is 5.68. The zero-order valence-corrected chi connectivity index (χ0v) is 19.6. The van der Waals surface area contributed by atoms with Gasteiger partial charge in [-0.15, -0.1) is 11.3 Å². The predicted octanol–water partition coefficient (Wildman–Crippen LogP) is 4.01. The molecular formula is C26H26N4O2S. The van der Waals surface area contributed by atoms with Crippen LogP contribution in [0.5, 0.6) is 0 Å². The second-order valence-electron chi connectivity index (χ2n) is 8.60. The third kappa shape index (κ3) is 4.21. The van der Waals surface area contributed by atoms with Crippen LogP contribution >= 0.6 is 11.3 Å². The summed E-state index contributed by atoms with van der Waals surface area (Å²) in [5.74, 6) is 0.585. The number of carbonyl (C=O) groups is 1. The molecule has 2 aromatic carbocycles. The first-order valence-electron chi connectivity index (χ1n) is 11.1. The molecule has 1 atom stereocenters. The van der Waals surface area contributed by atoms with Gasteiger partial charge >= 0.3 is 0 Å². The Labute approximate surface area is 196 Å². The Hall–Kier alpha value is -3.29. The normalized spacial score (nSPS) is 16.9. The fraction of sp³-hybridized carbons (Fsp3) is 0.269. The Kier molecular flexibility index (Phi) is 5.83. The third-order valence-corrected chi connectivity index (χ3v) is 7.46. The van der Waals surface area contributed by atoms with Crippen LogP contribution < -0.4 is 5.56 Å². The van der Waals surface area contributed by atoms with Gasteiger partial charge in [-0.2, -0.15) is 0 Å². The summed E-state index contributed by atoms with van der Waals surface area (Å²) in [6, 6.07) is 20.0. The van der Waals surface area contributed by atoms with Crippen molar-refractivity contribution in [3.05, 3.63) is 98.4 Å². The van der Waals surface area contributed by atoms with Crippen molar-refractivity contribution in [3.8, 4) is 0 Å². The molecule has 0 spiro atoms. The average Bonchev–Trinajstić information content (AvgIpc) is 3.16. The molecule has 0 bridgehead atoms. The molecule has 33 heavy (non-hydrogen) atoms. The van der Waals surface area contributed by atoms with Gasteiger partial charge in [-0.05, 0) is 30.7 Å². The molecule has 1 aliphatic rings. The molecule has 1 N–H and O–H groups in total. The highest BCUT2D eigenvalue weighted by atomic mass is 32.1. The summed E-state index contributed by atoms with van der Waals surface area (Å²) < 4.78 is 0. The van der Waals surface area contributed by atoms with E-state index in [1.807, 2.05) is 60.4 Å². The summed E-state index contributed by atoms with van der Waals surface area (Å²) >= 11 is 1.33. The number of nitrogens with one attached hydrogen (secondary N) is 1. The molecule has 4 aromatic rings. The van der Waals surface area contributed by atoms with E-state index >= 15 is 0 Å². The zero-order chi connectivity index (χ0) is 22.9. The Morgan fingerprint density at radius 2 is 1.79 bits per heavy atom. The number of rotatable bonds is 4. The van der Waals surface area contributed by atoms with Gasteiger partial charge in [0.25, 0.3) is 11.5 Å². The van der Waals surface area contributed by atoms with E-state index in [1.165, 1.54) is 11.3 Å². The van der Waals surface area contributed by atoms with Crippen molar-refractivity contribution >= 4 is 27.5 Å². The molecule has 1 fully saturated rings. The van der Waals surface area contributed by atoms with Crippen molar-refractivity contribution in [1.29, 1.82) is 0 Å². The van der Waals surface area contributed by atoms with Crippen LogP contribution in [0.1, 0.15) is 38.2 Å². The number of nitrogens with zero attached hydrogens (tertiary/aromatic N) is 3. The van der Waals surface area contributed by atoms with E-state index in [-0.39, 0.29) is 17.5 Å². The average molecular weight is 459 g/mol. The van der Waals surface area contributed by atoms with E-state index in [4.69, 9.17) is 4.98 Å². The summed E-state index contributed by atoms with van der Waals surface area (Å²) in [6.07, 6.45) is 0.542. The van der Waals surface area contributed by atoms with Gasteiger partial charge in [0, 0.05) is 26.1 Å². The summed E-state index contributed by atoms with van der Waals surface area (Å²) in [6.45, 7) is 4.10. The summed E-state index contributed by atoms with van der Waals surface area (Å²) in [5.41, 5.74) is 2.73. The first-order valence-corrected chi connectivity index (χ1v) is 11.9. The monoisotopic (exact) mass is 458 g/mol. The lowest BCUT2D eigenvalue weighted by atomic mass is 10.0. The maximum absolute atomic E-state index is 13.7. The molecule has 7 heteroatoms. The molecule has 0 aliphatic carbocycles. The number of fused-ring (bicyclic) bond motifs is 1. The Balaban J connectivity index is 1.51. The molecule has 2 aromatic heterocycles. The summed E-state index contributed by atoms with van der Waals surface area (Å²) in [4.78, 5) is 39.7. The molecular weight excluding hydrogens is 432 g/mol. The van der Waals surface area contributed by atoms with Gasteiger partial charge in [-0.1, -0.05) is 60.7 Å². The van der Waals surface area contributed by atoms with E-state index in [0.29, 0.717) is 39.4 Å². The number of thiophene rings is 1. The molecule has 1 saturated heterocycles. The second kappa shape index (κ2) is 8.92. The minimum atomic E-state index is -0.184. The maximum Gasteiger partial charge on any atom is 0.264 e. The Morgan fingerprint density at radius 3 is 2.52 bits per heavy atom. The molecule has 5 rings (SSSR count). The number of likely N-dealkylation sites (N-methyl/N-ethyl adjacent to an activating group) is 1. The zero-order valence-electron chi connectivity index (χ0n) is 18.7. The van der Waals surface area contributed by atoms with Gasteiger partial charge in [0.2, 0.25) is 0 Å². The molecule has 0 radical (unpaired) electrons. The number of amides is 1. The minimum absolute atomic E-state index is 0.0260. The number of aromatic amines is 1. The summed E-state index contributed by atoms with van der Waals surface area (Å²) in [7, 11) is 2.08. The minimum Gasteiger partial charge on any atom is -0.328 e. The van der Waals surface area contributed by atoms with Crippen LogP contribution in [0, 0.1) is 6.92 Å². The highest BCUT2D eigenvalue weighted by Crippen LogP contribution is 2.32. The number of aromatic nitrogens is 2. The number of aryl methyl sites for hydroxylation is 1. The Morgan fingerprint density at radius 1 is 1.09 bits per heavy atom. The number of carbonyl (C=O) groups excluding carboxylic acids is 1. The van der Waals surface area contributed by atoms with E-state index in [2.05, 4.69) is 29.1 Å². The lowest BCUT2D eigenvalue weighted by molar-refractivity contribution is 0.0502.